The average molecular weight is 179 g/mol. The van der Waals surface area contributed by atoms with Crippen LogP contribution >= 0.6 is 0 Å². The summed E-state index contributed by atoms with van der Waals surface area (Å²) in [6, 6.07) is 0. The molecule has 5 heteroatoms. The monoisotopic (exact) mass is 179 g/mol. The van der Waals surface area contributed by atoms with Gasteiger partial charge < -0.3 is 16.8 Å². The Balaban J connectivity index is 3.17. The molecule has 1 heterocycles. The van der Waals surface area contributed by atoms with Crippen molar-refractivity contribution >= 4 is 11.8 Å². The molecule has 1 rings (SSSR count). The number of amides is 2. The van der Waals surface area contributed by atoms with E-state index in [0.717, 1.165) is 0 Å². The number of hydrogen-bond acceptors (Lipinski definition) is 3. The molecule has 13 heavy (non-hydrogen) atoms. The zero-order valence-electron chi connectivity index (χ0n) is 6.78. The van der Waals surface area contributed by atoms with Gasteiger partial charge in [0.05, 0.1) is 5.57 Å². The predicted molar refractivity (Wildman–Crippen MR) is 46.8 cm³/mol. The van der Waals surface area contributed by atoms with E-state index >= 15 is 0 Å². The van der Waals surface area contributed by atoms with Gasteiger partial charge in [-0.1, -0.05) is 6.08 Å². The summed E-state index contributed by atoms with van der Waals surface area (Å²) in [6.07, 6.45) is 6.13. The first-order chi connectivity index (χ1) is 6.13. The molecular formula is C8H9N3O2. The minimum absolute atomic E-state index is 0.0116. The molecule has 0 spiro atoms. The van der Waals surface area contributed by atoms with E-state index in [0.29, 0.717) is 0 Å². The minimum Gasteiger partial charge on any atom is -0.366 e. The molecule has 0 unspecified atom stereocenters. The number of rotatable bonds is 2. The highest BCUT2D eigenvalue weighted by Gasteiger charge is 2.14. The molecule has 1 aliphatic heterocycles. The zero-order chi connectivity index (χ0) is 9.84. The van der Waals surface area contributed by atoms with Crippen LogP contribution < -0.4 is 16.8 Å². The summed E-state index contributed by atoms with van der Waals surface area (Å²) in [5.41, 5.74) is 10.2. The second-order valence-electron chi connectivity index (χ2n) is 2.38. The summed E-state index contributed by atoms with van der Waals surface area (Å²) in [5, 5.41) is 2.57. The van der Waals surface area contributed by atoms with Crippen molar-refractivity contribution in [1.82, 2.24) is 5.32 Å². The van der Waals surface area contributed by atoms with Crippen molar-refractivity contribution in [3.05, 3.63) is 35.7 Å². The number of allylic oxidation sites excluding steroid dienone is 2. The van der Waals surface area contributed by atoms with Gasteiger partial charge in [0.25, 0.3) is 11.8 Å². The highest BCUT2D eigenvalue weighted by molar-refractivity contribution is 6.05. The molecule has 0 aliphatic carbocycles. The minimum atomic E-state index is -0.718. The number of primary amides is 2. The molecule has 1 aliphatic rings. The van der Waals surface area contributed by atoms with Crippen LogP contribution in [0.25, 0.3) is 0 Å². The molecule has 2 amide bonds. The largest absolute Gasteiger partial charge is 0.366 e. The first-order valence-electron chi connectivity index (χ1n) is 3.56. The number of hydrogen-bond donors (Lipinski definition) is 3. The van der Waals surface area contributed by atoms with Crippen molar-refractivity contribution in [2.45, 2.75) is 0 Å². The summed E-state index contributed by atoms with van der Waals surface area (Å²) in [5.74, 6) is -1.41. The van der Waals surface area contributed by atoms with Gasteiger partial charge in [0, 0.05) is 6.20 Å². The van der Waals surface area contributed by atoms with E-state index in [-0.39, 0.29) is 11.3 Å². The Morgan fingerprint density at radius 2 is 1.85 bits per heavy atom. The molecule has 0 radical (unpaired) electrons. The maximum Gasteiger partial charge on any atom is 0.265 e. The normalized spacial score (nSPS) is 15.1. The molecule has 0 aromatic carbocycles. The summed E-state index contributed by atoms with van der Waals surface area (Å²) in [4.78, 5) is 21.7. The Hall–Kier alpha value is -2.04. The first-order valence-corrected chi connectivity index (χ1v) is 3.56. The second kappa shape index (κ2) is 3.57. The number of carbonyl (C=O) groups excluding carboxylic acids is 2. The fraction of sp³-hybridized carbons (Fsp3) is 0. The lowest BCUT2D eigenvalue weighted by Crippen LogP contribution is -2.28. The molecular weight excluding hydrogens is 170 g/mol. The molecule has 0 aromatic heterocycles. The summed E-state index contributed by atoms with van der Waals surface area (Å²) < 4.78 is 0. The van der Waals surface area contributed by atoms with Gasteiger partial charge in [0.2, 0.25) is 0 Å². The topological polar surface area (TPSA) is 98.2 Å². The van der Waals surface area contributed by atoms with Crippen LogP contribution in [-0.2, 0) is 9.59 Å². The standard InChI is InChI=1S/C8H9N3O2/c9-7(12)5-3-1-2-4-11-6(5)8(10)13/h1-4,11H,(H2,9,12)(H2,10,13). The van der Waals surface area contributed by atoms with Gasteiger partial charge in [-0.25, -0.2) is 0 Å². The number of nitrogens with two attached hydrogens (primary N) is 2. The van der Waals surface area contributed by atoms with E-state index in [9.17, 15) is 9.59 Å². The quantitative estimate of drug-likeness (QED) is 0.501. The number of carbonyl (C=O) groups is 2. The Morgan fingerprint density at radius 1 is 1.15 bits per heavy atom. The van der Waals surface area contributed by atoms with Crippen molar-refractivity contribution in [2.75, 3.05) is 0 Å². The number of nitrogens with one attached hydrogen (secondary N) is 1. The smallest absolute Gasteiger partial charge is 0.265 e. The van der Waals surface area contributed by atoms with Crippen molar-refractivity contribution in [3.8, 4) is 0 Å². The predicted octanol–water partition coefficient (Wildman–Crippen LogP) is -1.12. The molecule has 0 atom stereocenters. The summed E-state index contributed by atoms with van der Waals surface area (Å²) >= 11 is 0. The van der Waals surface area contributed by atoms with Gasteiger partial charge in [0.15, 0.2) is 0 Å². The van der Waals surface area contributed by atoms with Gasteiger partial charge in [-0.15, -0.1) is 0 Å². The van der Waals surface area contributed by atoms with Crippen LogP contribution in [-0.4, -0.2) is 11.8 Å². The van der Waals surface area contributed by atoms with Crippen LogP contribution in [0.1, 0.15) is 0 Å². The lowest BCUT2D eigenvalue weighted by atomic mass is 10.1. The van der Waals surface area contributed by atoms with E-state index in [1.807, 2.05) is 0 Å². The third-order valence-electron chi connectivity index (χ3n) is 1.48. The SMILES string of the molecule is NC(=O)C1=C(C(N)=O)NC=CC=C1. The van der Waals surface area contributed by atoms with Gasteiger partial charge in [-0.2, -0.15) is 0 Å². The first kappa shape index (κ1) is 9.05. The molecule has 0 aromatic rings. The highest BCUT2D eigenvalue weighted by Crippen LogP contribution is 2.05. The Labute approximate surface area is 74.8 Å². The lowest BCUT2D eigenvalue weighted by Gasteiger charge is -2.04. The average Bonchev–Trinajstić information content (AvgIpc) is 2.27. The van der Waals surface area contributed by atoms with Gasteiger partial charge in [0.1, 0.15) is 5.70 Å². The molecule has 68 valence electrons. The Kier molecular flexibility index (Phi) is 2.49. The van der Waals surface area contributed by atoms with E-state index in [2.05, 4.69) is 5.32 Å². The molecule has 5 N–H and O–H groups in total. The maximum absolute atomic E-state index is 10.9. The molecule has 0 fully saturated rings. The van der Waals surface area contributed by atoms with Gasteiger partial charge in [-0.05, 0) is 12.2 Å². The Morgan fingerprint density at radius 3 is 2.38 bits per heavy atom. The third-order valence-corrected chi connectivity index (χ3v) is 1.48. The van der Waals surface area contributed by atoms with Crippen molar-refractivity contribution in [3.63, 3.8) is 0 Å². The van der Waals surface area contributed by atoms with Crippen LogP contribution in [0.3, 0.4) is 0 Å². The Bertz CT molecular complexity index is 339. The van der Waals surface area contributed by atoms with Crippen molar-refractivity contribution in [1.29, 1.82) is 0 Å². The van der Waals surface area contributed by atoms with Crippen molar-refractivity contribution in [2.24, 2.45) is 11.5 Å². The van der Waals surface area contributed by atoms with Crippen LogP contribution in [0.4, 0.5) is 0 Å². The van der Waals surface area contributed by atoms with Crippen molar-refractivity contribution < 1.29 is 9.59 Å². The molecule has 0 saturated heterocycles. The highest BCUT2D eigenvalue weighted by atomic mass is 16.2. The fourth-order valence-corrected chi connectivity index (χ4v) is 0.909. The van der Waals surface area contributed by atoms with E-state index < -0.39 is 11.8 Å². The van der Waals surface area contributed by atoms with Crippen LogP contribution in [0, 0.1) is 0 Å². The third kappa shape index (κ3) is 1.96. The van der Waals surface area contributed by atoms with E-state index in [1.54, 1.807) is 12.2 Å². The lowest BCUT2D eigenvalue weighted by molar-refractivity contribution is -0.117. The summed E-state index contributed by atoms with van der Waals surface area (Å²) in [6.45, 7) is 0. The van der Waals surface area contributed by atoms with Crippen LogP contribution in [0.15, 0.2) is 35.7 Å². The molecule has 5 nitrogen and oxygen atoms in total. The second-order valence-corrected chi connectivity index (χ2v) is 2.38. The zero-order valence-corrected chi connectivity index (χ0v) is 6.78. The molecule has 0 bridgehead atoms. The maximum atomic E-state index is 10.9. The van der Waals surface area contributed by atoms with E-state index in [1.165, 1.54) is 12.3 Å². The van der Waals surface area contributed by atoms with Crippen LogP contribution in [0.2, 0.25) is 0 Å². The van der Waals surface area contributed by atoms with Gasteiger partial charge in [-0.3, -0.25) is 9.59 Å². The van der Waals surface area contributed by atoms with Crippen LogP contribution in [0.5, 0.6) is 0 Å². The summed E-state index contributed by atoms with van der Waals surface area (Å²) in [7, 11) is 0. The van der Waals surface area contributed by atoms with E-state index in [4.69, 9.17) is 11.5 Å². The molecule has 0 saturated carbocycles. The van der Waals surface area contributed by atoms with Gasteiger partial charge >= 0.3 is 0 Å². The fourth-order valence-electron chi connectivity index (χ4n) is 0.909.